The predicted molar refractivity (Wildman–Crippen MR) is 134 cm³/mol. The van der Waals surface area contributed by atoms with Crippen molar-refractivity contribution in [2.75, 3.05) is 48.4 Å². The van der Waals surface area contributed by atoms with E-state index in [4.69, 9.17) is 10.1 Å². The number of piperidine rings is 1. The zero-order valence-electron chi connectivity index (χ0n) is 20.2. The van der Waals surface area contributed by atoms with E-state index in [1.807, 2.05) is 26.0 Å². The highest BCUT2D eigenvalue weighted by molar-refractivity contribution is 6.09. The number of aromatic carboxylic acids is 1. The predicted octanol–water partition coefficient (Wildman–Crippen LogP) is 4.16. The molecule has 0 amide bonds. The van der Waals surface area contributed by atoms with Gasteiger partial charge in [0.25, 0.3) is 0 Å². The zero-order chi connectivity index (χ0) is 24.2. The van der Waals surface area contributed by atoms with Crippen molar-refractivity contribution in [1.29, 1.82) is 5.41 Å². The molecule has 0 atom stereocenters. The second-order valence-electron chi connectivity index (χ2n) is 9.27. The Morgan fingerprint density at radius 1 is 1.18 bits per heavy atom. The van der Waals surface area contributed by atoms with Crippen LogP contribution in [0.4, 0.5) is 23.0 Å². The number of methoxy groups -OCH3 is 1. The van der Waals surface area contributed by atoms with Gasteiger partial charge in [0.1, 0.15) is 11.6 Å². The molecule has 2 aliphatic heterocycles. The van der Waals surface area contributed by atoms with Crippen LogP contribution in [-0.2, 0) is 4.74 Å². The van der Waals surface area contributed by atoms with E-state index in [1.54, 1.807) is 19.4 Å². The molecular weight excluding hydrogens is 432 g/mol. The molecule has 0 aliphatic carbocycles. The van der Waals surface area contributed by atoms with Crippen LogP contribution >= 0.6 is 0 Å². The van der Waals surface area contributed by atoms with Crippen molar-refractivity contribution in [2.45, 2.75) is 45.6 Å². The third-order valence-electron chi connectivity index (χ3n) is 6.62. The van der Waals surface area contributed by atoms with Gasteiger partial charge in [0.2, 0.25) is 0 Å². The van der Waals surface area contributed by atoms with Gasteiger partial charge in [-0.3, -0.25) is 0 Å². The molecule has 0 radical (unpaired) electrons. The fourth-order valence-electron chi connectivity index (χ4n) is 4.62. The third-order valence-corrected chi connectivity index (χ3v) is 6.62. The Bertz CT molecular complexity index is 1040. The lowest BCUT2D eigenvalue weighted by Gasteiger charge is -2.35. The SMILES string of the molecule is COC1CCN(c2cc(C(=O)O)nc(Nc3ccnc(N4CCCC4)c3)c2C(=N)C(C)C)CC1. The molecule has 9 nitrogen and oxygen atoms in total. The van der Waals surface area contributed by atoms with Crippen molar-refractivity contribution in [1.82, 2.24) is 9.97 Å². The first-order valence-corrected chi connectivity index (χ1v) is 12.0. The fourth-order valence-corrected chi connectivity index (χ4v) is 4.62. The largest absolute Gasteiger partial charge is 0.477 e. The van der Waals surface area contributed by atoms with Crippen LogP contribution in [0.25, 0.3) is 0 Å². The lowest BCUT2D eigenvalue weighted by atomic mass is 9.96. The second kappa shape index (κ2) is 10.4. The Labute approximate surface area is 200 Å². The van der Waals surface area contributed by atoms with Gasteiger partial charge < -0.3 is 30.4 Å². The van der Waals surface area contributed by atoms with E-state index in [-0.39, 0.29) is 17.7 Å². The summed E-state index contributed by atoms with van der Waals surface area (Å²) >= 11 is 0. The number of nitrogens with zero attached hydrogens (tertiary/aromatic N) is 4. The molecule has 0 spiro atoms. The Morgan fingerprint density at radius 3 is 2.50 bits per heavy atom. The zero-order valence-corrected chi connectivity index (χ0v) is 20.2. The summed E-state index contributed by atoms with van der Waals surface area (Å²) < 4.78 is 5.51. The number of carboxylic acids is 1. The molecule has 4 heterocycles. The van der Waals surface area contributed by atoms with E-state index in [0.717, 1.165) is 69.1 Å². The average molecular weight is 467 g/mol. The molecule has 0 unspecified atom stereocenters. The molecular formula is C25H34N6O3. The smallest absolute Gasteiger partial charge is 0.354 e. The molecule has 9 heteroatoms. The summed E-state index contributed by atoms with van der Waals surface area (Å²) in [5.41, 5.74) is 2.53. The minimum Gasteiger partial charge on any atom is -0.477 e. The van der Waals surface area contributed by atoms with Gasteiger partial charge in [-0.1, -0.05) is 13.8 Å². The van der Waals surface area contributed by atoms with E-state index in [1.165, 1.54) is 0 Å². The quantitative estimate of drug-likeness (QED) is 0.497. The van der Waals surface area contributed by atoms with Gasteiger partial charge >= 0.3 is 5.97 Å². The van der Waals surface area contributed by atoms with Crippen LogP contribution in [0.1, 0.15) is 55.6 Å². The molecule has 0 bridgehead atoms. The van der Waals surface area contributed by atoms with Crippen molar-refractivity contribution in [3.63, 3.8) is 0 Å². The molecule has 2 aromatic heterocycles. The molecule has 182 valence electrons. The normalized spacial score (nSPS) is 16.8. The van der Waals surface area contributed by atoms with Gasteiger partial charge in [-0.2, -0.15) is 0 Å². The van der Waals surface area contributed by atoms with Gasteiger partial charge in [-0.15, -0.1) is 0 Å². The summed E-state index contributed by atoms with van der Waals surface area (Å²) in [6.07, 6.45) is 5.95. The molecule has 4 rings (SSSR count). The van der Waals surface area contributed by atoms with Gasteiger partial charge in [0.05, 0.1) is 17.4 Å². The maximum Gasteiger partial charge on any atom is 0.354 e. The number of rotatable bonds is 8. The van der Waals surface area contributed by atoms with E-state index >= 15 is 0 Å². The molecule has 0 saturated carbocycles. The first-order valence-electron chi connectivity index (χ1n) is 12.0. The Hall–Kier alpha value is -3.20. The summed E-state index contributed by atoms with van der Waals surface area (Å²) in [7, 11) is 1.72. The number of carbonyl (C=O) groups is 1. The Morgan fingerprint density at radius 2 is 1.88 bits per heavy atom. The number of carboxylic acid groups (broad SMARTS) is 1. The lowest BCUT2D eigenvalue weighted by Crippen LogP contribution is -2.38. The van der Waals surface area contributed by atoms with Crippen LogP contribution < -0.4 is 15.1 Å². The number of hydrogen-bond acceptors (Lipinski definition) is 8. The van der Waals surface area contributed by atoms with Crippen LogP contribution in [0.2, 0.25) is 0 Å². The third kappa shape index (κ3) is 5.14. The summed E-state index contributed by atoms with van der Waals surface area (Å²) in [4.78, 5) is 25.3. The molecule has 2 fully saturated rings. The van der Waals surface area contributed by atoms with Gasteiger partial charge in [-0.05, 0) is 43.7 Å². The van der Waals surface area contributed by atoms with E-state index in [2.05, 4.69) is 25.1 Å². The van der Waals surface area contributed by atoms with Crippen LogP contribution in [0.5, 0.6) is 0 Å². The number of hydrogen-bond donors (Lipinski definition) is 3. The topological polar surface area (TPSA) is 115 Å². The van der Waals surface area contributed by atoms with E-state index in [0.29, 0.717) is 17.1 Å². The number of ether oxygens (including phenoxy) is 1. The van der Waals surface area contributed by atoms with Crippen molar-refractivity contribution in [2.24, 2.45) is 5.92 Å². The van der Waals surface area contributed by atoms with E-state index < -0.39 is 5.97 Å². The van der Waals surface area contributed by atoms with Crippen molar-refractivity contribution in [3.8, 4) is 0 Å². The fraction of sp³-hybridized carbons (Fsp3) is 0.520. The van der Waals surface area contributed by atoms with Gasteiger partial charge in [0.15, 0.2) is 5.69 Å². The van der Waals surface area contributed by atoms with Crippen LogP contribution in [0.15, 0.2) is 24.4 Å². The summed E-state index contributed by atoms with van der Waals surface area (Å²) in [6, 6.07) is 5.42. The number of aromatic nitrogens is 2. The second-order valence-corrected chi connectivity index (χ2v) is 9.27. The summed E-state index contributed by atoms with van der Waals surface area (Å²) in [5.74, 6) is 0.136. The monoisotopic (exact) mass is 466 g/mol. The average Bonchev–Trinajstić information content (AvgIpc) is 3.38. The molecule has 2 aromatic rings. The standard InChI is InChI=1S/C25H34N6O3/c1-16(2)23(26)22-20(30-12-7-18(34-3)8-13-30)15-19(25(32)33)29-24(22)28-17-6-9-27-21(14-17)31-10-4-5-11-31/h6,9,14-16,18,26H,4-5,7-8,10-13H2,1-3H3,(H,32,33)(H,27,28,29). The highest BCUT2D eigenvalue weighted by atomic mass is 16.5. The van der Waals surface area contributed by atoms with Gasteiger partial charge in [0, 0.05) is 57.0 Å². The molecule has 0 aromatic carbocycles. The van der Waals surface area contributed by atoms with Crippen LogP contribution in [0, 0.1) is 11.3 Å². The van der Waals surface area contributed by atoms with Crippen LogP contribution in [0.3, 0.4) is 0 Å². The van der Waals surface area contributed by atoms with E-state index in [9.17, 15) is 9.90 Å². The molecule has 2 saturated heterocycles. The Kier molecular flexibility index (Phi) is 7.31. The number of pyridine rings is 2. The maximum absolute atomic E-state index is 12.0. The number of nitrogens with one attached hydrogen (secondary N) is 2. The summed E-state index contributed by atoms with van der Waals surface area (Å²) in [6.45, 7) is 7.36. The Balaban J connectivity index is 1.76. The molecule has 2 aliphatic rings. The summed E-state index contributed by atoms with van der Waals surface area (Å²) in [5, 5.41) is 22.0. The minimum atomic E-state index is -1.09. The first kappa shape index (κ1) is 23.9. The van der Waals surface area contributed by atoms with Crippen molar-refractivity contribution in [3.05, 3.63) is 35.7 Å². The van der Waals surface area contributed by atoms with Crippen LogP contribution in [-0.4, -0.2) is 66.1 Å². The number of anilines is 4. The van der Waals surface area contributed by atoms with Gasteiger partial charge in [-0.25, -0.2) is 14.8 Å². The molecule has 3 N–H and O–H groups in total. The highest BCUT2D eigenvalue weighted by Crippen LogP contribution is 2.34. The van der Waals surface area contributed by atoms with Crippen molar-refractivity contribution >= 4 is 34.7 Å². The maximum atomic E-state index is 12.0. The first-order chi connectivity index (χ1) is 16.4. The highest BCUT2D eigenvalue weighted by Gasteiger charge is 2.27. The lowest BCUT2D eigenvalue weighted by molar-refractivity contribution is 0.0690. The minimum absolute atomic E-state index is 0.0412. The van der Waals surface area contributed by atoms with Crippen molar-refractivity contribution < 1.29 is 14.6 Å². The molecule has 34 heavy (non-hydrogen) atoms.